The summed E-state index contributed by atoms with van der Waals surface area (Å²) in [6.45, 7) is 0.597. The summed E-state index contributed by atoms with van der Waals surface area (Å²) in [4.78, 5) is 41.3. The number of pyridine rings is 1. The highest BCUT2D eigenvalue weighted by atomic mass is 35.5. The van der Waals surface area contributed by atoms with Crippen LogP contribution in [0.1, 0.15) is 31.8 Å². The van der Waals surface area contributed by atoms with Gasteiger partial charge in [0.15, 0.2) is 11.5 Å². The summed E-state index contributed by atoms with van der Waals surface area (Å²) >= 11 is 8.96. The number of hydrogen-bond acceptors (Lipinski definition) is 11. The standard InChI is InChI=1S/C23H18N2O3S.C20H15ClN2O5S/c26-22-18(23(27)28)7-3-8-19(22)25-14-16-5-1-2-9-21(16)29-17-11-10-15-6-4-12-24-20(15)13-17;21-13-4-7-15(8-5-13)29-18-9-6-14(23(27)28)10-12(18)11-22-17-3-1-2-16(19(17)24)20(25)26/h1-13,25-26H,14H2,(H,27,28);1-10,22,24H,11H2,(H,25,26). The van der Waals surface area contributed by atoms with E-state index < -0.39 is 22.6 Å². The van der Waals surface area contributed by atoms with Crippen LogP contribution >= 0.6 is 35.1 Å². The number of halogens is 1. The van der Waals surface area contributed by atoms with Crippen LogP contribution in [-0.2, 0) is 13.1 Å². The number of nitrogens with zero attached hydrogens (tertiary/aromatic N) is 2. The van der Waals surface area contributed by atoms with Gasteiger partial charge in [0, 0.05) is 61.4 Å². The summed E-state index contributed by atoms with van der Waals surface area (Å²) in [5.41, 5.74) is 2.80. The first-order valence-corrected chi connectivity index (χ1v) is 19.4. The van der Waals surface area contributed by atoms with E-state index in [1.807, 2.05) is 48.5 Å². The van der Waals surface area contributed by atoms with Gasteiger partial charge in [-0.25, -0.2) is 9.59 Å². The lowest BCUT2D eigenvalue weighted by Crippen LogP contribution is -2.04. The largest absolute Gasteiger partial charge is 0.505 e. The molecule has 7 aromatic rings. The number of aromatic hydroxyl groups is 2. The van der Waals surface area contributed by atoms with Gasteiger partial charge in [0.1, 0.15) is 11.1 Å². The number of benzene rings is 6. The van der Waals surface area contributed by atoms with Crippen LogP contribution in [0.2, 0.25) is 5.02 Å². The van der Waals surface area contributed by atoms with Crippen LogP contribution in [0.15, 0.2) is 159 Å². The van der Waals surface area contributed by atoms with Crippen molar-refractivity contribution < 1.29 is 34.9 Å². The van der Waals surface area contributed by atoms with Gasteiger partial charge in [0.25, 0.3) is 5.69 Å². The monoisotopic (exact) mass is 832 g/mol. The molecule has 0 atom stereocenters. The maximum atomic E-state index is 11.2. The molecule has 0 amide bonds. The molecule has 0 fully saturated rings. The molecule has 292 valence electrons. The zero-order valence-electron chi connectivity index (χ0n) is 30.2. The molecule has 0 spiro atoms. The van der Waals surface area contributed by atoms with Crippen molar-refractivity contribution in [2.24, 2.45) is 0 Å². The maximum absolute atomic E-state index is 11.2. The first-order chi connectivity index (χ1) is 28.0. The van der Waals surface area contributed by atoms with E-state index in [2.05, 4.69) is 33.8 Å². The van der Waals surface area contributed by atoms with Crippen LogP contribution in [0.25, 0.3) is 10.9 Å². The Morgan fingerprint density at radius 2 is 1.24 bits per heavy atom. The van der Waals surface area contributed by atoms with Gasteiger partial charge in [-0.15, -0.1) is 0 Å². The lowest BCUT2D eigenvalue weighted by atomic mass is 10.1. The fraction of sp³-hybridized carbons (Fsp3) is 0.0465. The molecule has 0 aliphatic carbocycles. The molecule has 0 aliphatic rings. The summed E-state index contributed by atoms with van der Waals surface area (Å²) in [7, 11) is 0. The third-order valence-electron chi connectivity index (χ3n) is 8.55. The van der Waals surface area contributed by atoms with Crippen LogP contribution in [0, 0.1) is 10.1 Å². The molecule has 0 radical (unpaired) electrons. The van der Waals surface area contributed by atoms with E-state index in [4.69, 9.17) is 21.8 Å². The normalized spacial score (nSPS) is 10.6. The van der Waals surface area contributed by atoms with E-state index in [0.717, 1.165) is 36.0 Å². The lowest BCUT2D eigenvalue weighted by molar-refractivity contribution is -0.385. The quantitative estimate of drug-likeness (QED) is 0.0365. The Kier molecular flexibility index (Phi) is 13.4. The highest BCUT2D eigenvalue weighted by Gasteiger charge is 2.16. The van der Waals surface area contributed by atoms with E-state index >= 15 is 0 Å². The second-order valence-electron chi connectivity index (χ2n) is 12.4. The zero-order chi connectivity index (χ0) is 41.2. The molecule has 0 aliphatic heterocycles. The molecule has 1 heterocycles. The Labute approximate surface area is 345 Å². The van der Waals surface area contributed by atoms with Gasteiger partial charge in [0.05, 0.1) is 21.8 Å². The molecule has 0 bridgehead atoms. The Balaban J connectivity index is 0.000000196. The number of para-hydroxylation sites is 2. The zero-order valence-corrected chi connectivity index (χ0v) is 32.6. The maximum Gasteiger partial charge on any atom is 0.339 e. The Morgan fingerprint density at radius 3 is 1.88 bits per heavy atom. The molecular weight excluding hydrogens is 800 g/mol. The van der Waals surface area contributed by atoms with E-state index in [1.54, 1.807) is 48.3 Å². The molecular formula is C43H33ClN4O8S2. The van der Waals surface area contributed by atoms with E-state index in [1.165, 1.54) is 48.2 Å². The Hall–Kier alpha value is -6.74. The van der Waals surface area contributed by atoms with Crippen molar-refractivity contribution in [1.29, 1.82) is 0 Å². The topological polar surface area (TPSA) is 195 Å². The lowest BCUT2D eigenvalue weighted by Gasteiger charge is -2.13. The number of phenols is 2. The van der Waals surface area contributed by atoms with Gasteiger partial charge in [-0.2, -0.15) is 0 Å². The van der Waals surface area contributed by atoms with Crippen molar-refractivity contribution in [1.82, 2.24) is 4.98 Å². The van der Waals surface area contributed by atoms with E-state index in [-0.39, 0.29) is 34.8 Å². The second-order valence-corrected chi connectivity index (χ2v) is 15.1. The smallest absolute Gasteiger partial charge is 0.339 e. The van der Waals surface area contributed by atoms with Crippen molar-refractivity contribution in [2.75, 3.05) is 10.6 Å². The Bertz CT molecular complexity index is 2630. The molecule has 7 rings (SSSR count). The van der Waals surface area contributed by atoms with Crippen LogP contribution in [-0.4, -0.2) is 42.3 Å². The molecule has 58 heavy (non-hydrogen) atoms. The third kappa shape index (κ3) is 10.4. The van der Waals surface area contributed by atoms with E-state index in [9.17, 15) is 29.9 Å². The first-order valence-electron chi connectivity index (χ1n) is 17.4. The fourth-order valence-electron chi connectivity index (χ4n) is 5.63. The minimum atomic E-state index is -1.25. The number of hydrogen-bond donors (Lipinski definition) is 6. The van der Waals surface area contributed by atoms with Crippen molar-refractivity contribution in [3.05, 3.63) is 177 Å². The number of carboxylic acid groups (broad SMARTS) is 2. The van der Waals surface area contributed by atoms with Gasteiger partial charge in [-0.3, -0.25) is 15.1 Å². The van der Waals surface area contributed by atoms with Crippen LogP contribution in [0.3, 0.4) is 0 Å². The highest BCUT2D eigenvalue weighted by Crippen LogP contribution is 2.36. The van der Waals surface area contributed by atoms with Crippen molar-refractivity contribution in [3.8, 4) is 11.5 Å². The van der Waals surface area contributed by atoms with Gasteiger partial charge in [-0.1, -0.05) is 77.6 Å². The van der Waals surface area contributed by atoms with Crippen molar-refractivity contribution in [3.63, 3.8) is 0 Å². The third-order valence-corrected chi connectivity index (χ3v) is 11.0. The number of anilines is 2. The fourth-order valence-corrected chi connectivity index (χ4v) is 7.66. The van der Waals surface area contributed by atoms with Gasteiger partial charge in [-0.05, 0) is 90.0 Å². The summed E-state index contributed by atoms with van der Waals surface area (Å²) in [5, 5.41) is 57.6. The van der Waals surface area contributed by atoms with Crippen LogP contribution in [0.5, 0.6) is 11.5 Å². The molecule has 6 N–H and O–H groups in total. The highest BCUT2D eigenvalue weighted by molar-refractivity contribution is 7.99. The number of carbonyl (C=O) groups is 2. The van der Waals surface area contributed by atoms with Gasteiger partial charge >= 0.3 is 11.9 Å². The molecule has 15 heteroatoms. The summed E-state index contributed by atoms with van der Waals surface area (Å²) in [5.74, 6) is -3.06. The summed E-state index contributed by atoms with van der Waals surface area (Å²) in [6.07, 6.45) is 1.78. The summed E-state index contributed by atoms with van der Waals surface area (Å²) < 4.78 is 0. The van der Waals surface area contributed by atoms with Gasteiger partial charge in [0.2, 0.25) is 0 Å². The minimum Gasteiger partial charge on any atom is -0.505 e. The number of aromatic nitrogens is 1. The number of aromatic carboxylic acids is 2. The number of carboxylic acids is 2. The van der Waals surface area contributed by atoms with Crippen LogP contribution < -0.4 is 10.6 Å². The number of nitrogens with one attached hydrogen (secondary N) is 2. The average Bonchev–Trinajstić information content (AvgIpc) is 3.21. The second kappa shape index (κ2) is 18.9. The number of fused-ring (bicyclic) bond motifs is 1. The predicted molar refractivity (Wildman–Crippen MR) is 226 cm³/mol. The molecule has 0 saturated carbocycles. The number of nitro groups is 1. The minimum absolute atomic E-state index is 0.0641. The molecule has 0 saturated heterocycles. The van der Waals surface area contributed by atoms with Gasteiger partial charge < -0.3 is 31.1 Å². The average molecular weight is 833 g/mol. The predicted octanol–water partition coefficient (Wildman–Crippen LogP) is 10.8. The summed E-state index contributed by atoms with van der Waals surface area (Å²) in [6, 6.07) is 38.8. The van der Waals surface area contributed by atoms with Crippen molar-refractivity contribution >= 4 is 75.0 Å². The number of non-ortho nitro benzene ring substituents is 1. The molecule has 6 aromatic carbocycles. The van der Waals surface area contributed by atoms with Crippen molar-refractivity contribution in [2.45, 2.75) is 32.7 Å². The SMILES string of the molecule is O=C(O)c1cccc(NCc2cc([N+](=O)[O-])ccc2Sc2ccc(Cl)cc2)c1O.O=C(O)c1cccc(NCc2ccccc2Sc2ccc3cccnc3c2)c1O. The number of nitro benzene ring substituents is 1. The van der Waals surface area contributed by atoms with E-state index in [0.29, 0.717) is 22.8 Å². The molecule has 1 aromatic heterocycles. The molecule has 12 nitrogen and oxygen atoms in total. The van der Waals surface area contributed by atoms with Crippen LogP contribution in [0.4, 0.5) is 17.1 Å². The first kappa shape index (κ1) is 40.9. The Morgan fingerprint density at radius 1 is 0.655 bits per heavy atom. The molecule has 0 unspecified atom stereocenters. The number of rotatable bonds is 13.